The fraction of sp³-hybridized carbons (Fsp3) is 0.500. The molecule has 1 atom stereocenters. The molecular weight excluding hydrogens is 418 g/mol. The molecule has 1 saturated carbocycles. The molecule has 0 bridgehead atoms. The van der Waals surface area contributed by atoms with Crippen molar-refractivity contribution in [2.24, 2.45) is 0 Å². The highest BCUT2D eigenvalue weighted by Crippen LogP contribution is 2.32. The monoisotopic (exact) mass is 451 g/mol. The van der Waals surface area contributed by atoms with Gasteiger partial charge in [0.15, 0.2) is 0 Å². The van der Waals surface area contributed by atoms with Crippen LogP contribution in [0.2, 0.25) is 0 Å². The van der Waals surface area contributed by atoms with Gasteiger partial charge < -0.3 is 9.84 Å². The number of benzene rings is 2. The number of piperazine rings is 1. The van der Waals surface area contributed by atoms with Gasteiger partial charge in [0.25, 0.3) is 0 Å². The maximum absolute atomic E-state index is 10.5. The zero-order chi connectivity index (χ0) is 21.8. The van der Waals surface area contributed by atoms with E-state index < -0.39 is 6.10 Å². The van der Waals surface area contributed by atoms with Crippen molar-refractivity contribution in [2.45, 2.75) is 44.2 Å². The Balaban J connectivity index is 1.10. The molecule has 0 amide bonds. The molecular formula is C26H33N3O2S. The molecule has 1 aliphatic carbocycles. The van der Waals surface area contributed by atoms with E-state index in [2.05, 4.69) is 28.0 Å². The summed E-state index contributed by atoms with van der Waals surface area (Å²) in [5.41, 5.74) is 2.08. The van der Waals surface area contributed by atoms with Crippen molar-refractivity contribution in [3.63, 3.8) is 0 Å². The van der Waals surface area contributed by atoms with Crippen LogP contribution >= 0.6 is 11.3 Å². The molecule has 1 aromatic heterocycles. The number of ether oxygens (including phenoxy) is 1. The van der Waals surface area contributed by atoms with Crippen LogP contribution in [0, 0.1) is 0 Å². The van der Waals surface area contributed by atoms with Crippen molar-refractivity contribution in [3.8, 4) is 16.3 Å². The Morgan fingerprint density at radius 3 is 2.56 bits per heavy atom. The van der Waals surface area contributed by atoms with E-state index in [4.69, 9.17) is 9.72 Å². The second-order valence-electron chi connectivity index (χ2n) is 9.11. The summed E-state index contributed by atoms with van der Waals surface area (Å²) in [5.74, 6) is 0.767. The van der Waals surface area contributed by atoms with Crippen LogP contribution in [0.1, 0.15) is 32.1 Å². The van der Waals surface area contributed by atoms with Crippen molar-refractivity contribution in [3.05, 3.63) is 48.5 Å². The molecule has 5 rings (SSSR count). The summed E-state index contributed by atoms with van der Waals surface area (Å²) in [6.07, 6.45) is 6.44. The van der Waals surface area contributed by atoms with Gasteiger partial charge in [0, 0.05) is 50.4 Å². The van der Waals surface area contributed by atoms with E-state index in [0.29, 0.717) is 13.2 Å². The van der Waals surface area contributed by atoms with Gasteiger partial charge in [-0.1, -0.05) is 49.6 Å². The summed E-state index contributed by atoms with van der Waals surface area (Å²) in [4.78, 5) is 9.82. The van der Waals surface area contributed by atoms with Crippen LogP contribution < -0.4 is 4.74 Å². The molecule has 1 unspecified atom stereocenters. The number of hydrogen-bond donors (Lipinski definition) is 1. The molecule has 2 aromatic carbocycles. The number of aliphatic hydroxyl groups is 1. The molecule has 0 spiro atoms. The van der Waals surface area contributed by atoms with E-state index in [1.807, 2.05) is 30.3 Å². The van der Waals surface area contributed by atoms with Crippen LogP contribution in [0.5, 0.6) is 5.75 Å². The molecule has 5 nitrogen and oxygen atoms in total. The van der Waals surface area contributed by atoms with E-state index in [-0.39, 0.29) is 0 Å². The first-order chi connectivity index (χ1) is 15.7. The van der Waals surface area contributed by atoms with Gasteiger partial charge >= 0.3 is 0 Å². The largest absolute Gasteiger partial charge is 0.491 e. The molecule has 2 aliphatic rings. The Labute approximate surface area is 194 Å². The van der Waals surface area contributed by atoms with E-state index in [1.165, 1.54) is 32.1 Å². The maximum Gasteiger partial charge on any atom is 0.124 e. The lowest BCUT2D eigenvalue weighted by Gasteiger charge is -2.41. The Hall–Kier alpha value is -1.99. The van der Waals surface area contributed by atoms with E-state index >= 15 is 0 Å². The minimum Gasteiger partial charge on any atom is -0.491 e. The third-order valence-electron chi connectivity index (χ3n) is 6.79. The SMILES string of the molecule is OC(COc1ccc2sc(-c3ccccc3)nc2c1)CN1CCN(C2CCCCC2)CC1. The fourth-order valence-electron chi connectivity index (χ4n) is 5.00. The second kappa shape index (κ2) is 10.3. The Morgan fingerprint density at radius 1 is 1.00 bits per heavy atom. The molecule has 2 heterocycles. The summed E-state index contributed by atoms with van der Waals surface area (Å²) in [7, 11) is 0. The molecule has 1 N–H and O–H groups in total. The zero-order valence-electron chi connectivity index (χ0n) is 18.7. The third kappa shape index (κ3) is 5.31. The Kier molecular flexibility index (Phi) is 7.03. The van der Waals surface area contributed by atoms with Gasteiger partial charge in [-0.15, -0.1) is 11.3 Å². The van der Waals surface area contributed by atoms with Crippen molar-refractivity contribution in [2.75, 3.05) is 39.3 Å². The number of fused-ring (bicyclic) bond motifs is 1. The van der Waals surface area contributed by atoms with Gasteiger partial charge in [0.05, 0.1) is 10.2 Å². The molecule has 0 radical (unpaired) electrons. The highest BCUT2D eigenvalue weighted by molar-refractivity contribution is 7.21. The number of rotatable bonds is 7. The Bertz CT molecular complexity index is 995. The lowest BCUT2D eigenvalue weighted by atomic mass is 9.94. The van der Waals surface area contributed by atoms with Crippen molar-refractivity contribution in [1.29, 1.82) is 0 Å². The molecule has 3 aromatic rings. The van der Waals surface area contributed by atoms with Gasteiger partial charge in [-0.2, -0.15) is 0 Å². The second-order valence-corrected chi connectivity index (χ2v) is 10.1. The predicted octanol–water partition coefficient (Wildman–Crippen LogP) is 4.65. The lowest BCUT2D eigenvalue weighted by molar-refractivity contribution is 0.0312. The maximum atomic E-state index is 10.5. The van der Waals surface area contributed by atoms with Crippen LogP contribution in [-0.4, -0.2) is 71.4 Å². The first kappa shape index (κ1) is 21.8. The first-order valence-electron chi connectivity index (χ1n) is 12.0. The van der Waals surface area contributed by atoms with Crippen LogP contribution in [0.15, 0.2) is 48.5 Å². The number of thiazole rings is 1. The topological polar surface area (TPSA) is 48.8 Å². The first-order valence-corrected chi connectivity index (χ1v) is 12.8. The number of hydrogen-bond acceptors (Lipinski definition) is 6. The Morgan fingerprint density at radius 2 is 1.78 bits per heavy atom. The van der Waals surface area contributed by atoms with Gasteiger partial charge in [-0.25, -0.2) is 4.98 Å². The van der Waals surface area contributed by atoms with Crippen LogP contribution in [0.3, 0.4) is 0 Å². The number of β-amino-alcohol motifs (C(OH)–C–C–N with tert-alkyl or cyclic N) is 1. The smallest absolute Gasteiger partial charge is 0.124 e. The standard InChI is InChI=1S/C26H33N3O2S/c30-22(18-28-13-15-29(16-14-28)21-9-5-2-6-10-21)19-31-23-11-12-25-24(17-23)27-26(32-25)20-7-3-1-4-8-20/h1,3-4,7-8,11-12,17,21-22,30H,2,5-6,9-10,13-16,18-19H2. The van der Waals surface area contributed by atoms with Gasteiger partial charge in [-0.05, 0) is 25.0 Å². The third-order valence-corrected chi connectivity index (χ3v) is 7.87. The lowest BCUT2D eigenvalue weighted by Crippen LogP contribution is -2.52. The van der Waals surface area contributed by atoms with Gasteiger partial charge in [0.2, 0.25) is 0 Å². The minimum absolute atomic E-state index is 0.310. The van der Waals surface area contributed by atoms with E-state index in [0.717, 1.165) is 58.8 Å². The van der Waals surface area contributed by atoms with E-state index in [9.17, 15) is 5.11 Å². The van der Waals surface area contributed by atoms with Crippen LogP contribution in [0.4, 0.5) is 0 Å². The van der Waals surface area contributed by atoms with Crippen molar-refractivity contribution >= 4 is 21.6 Å². The molecule has 170 valence electrons. The number of nitrogens with zero attached hydrogens (tertiary/aromatic N) is 3. The molecule has 2 fully saturated rings. The molecule has 32 heavy (non-hydrogen) atoms. The summed E-state index contributed by atoms with van der Waals surface area (Å²) < 4.78 is 7.07. The summed E-state index contributed by atoms with van der Waals surface area (Å²) in [5, 5.41) is 11.6. The average molecular weight is 452 g/mol. The predicted molar refractivity (Wildman–Crippen MR) is 131 cm³/mol. The highest BCUT2D eigenvalue weighted by Gasteiger charge is 2.26. The van der Waals surface area contributed by atoms with Crippen LogP contribution in [-0.2, 0) is 0 Å². The van der Waals surface area contributed by atoms with Gasteiger partial charge in [0.1, 0.15) is 23.5 Å². The van der Waals surface area contributed by atoms with Crippen molar-refractivity contribution in [1.82, 2.24) is 14.8 Å². The van der Waals surface area contributed by atoms with Gasteiger partial charge in [-0.3, -0.25) is 9.80 Å². The summed E-state index contributed by atoms with van der Waals surface area (Å²) in [6.45, 7) is 5.33. The van der Waals surface area contributed by atoms with E-state index in [1.54, 1.807) is 11.3 Å². The molecule has 1 aliphatic heterocycles. The molecule has 6 heteroatoms. The average Bonchev–Trinajstić information content (AvgIpc) is 3.28. The van der Waals surface area contributed by atoms with Crippen molar-refractivity contribution < 1.29 is 9.84 Å². The molecule has 1 saturated heterocycles. The fourth-order valence-corrected chi connectivity index (χ4v) is 5.95. The number of aromatic nitrogens is 1. The highest BCUT2D eigenvalue weighted by atomic mass is 32.1. The van der Waals surface area contributed by atoms with Crippen LogP contribution in [0.25, 0.3) is 20.8 Å². The minimum atomic E-state index is -0.484. The quantitative estimate of drug-likeness (QED) is 0.566. The summed E-state index contributed by atoms with van der Waals surface area (Å²) in [6, 6.07) is 17.1. The summed E-state index contributed by atoms with van der Waals surface area (Å²) >= 11 is 1.69. The zero-order valence-corrected chi connectivity index (χ0v) is 19.5. The normalized spacial score (nSPS) is 19.9. The number of aliphatic hydroxyl groups excluding tert-OH is 1.